The van der Waals surface area contributed by atoms with Gasteiger partial charge in [0.05, 0.1) is 0 Å². The summed E-state index contributed by atoms with van der Waals surface area (Å²) in [5, 5.41) is 6.23. The number of carbonyl (C=O) groups is 2. The number of rotatable bonds is 5. The third kappa shape index (κ3) is 4.98. The first-order valence-corrected chi connectivity index (χ1v) is 9.24. The van der Waals surface area contributed by atoms with Crippen molar-refractivity contribution in [1.29, 1.82) is 0 Å². The zero-order valence-corrected chi connectivity index (χ0v) is 15.7. The molecule has 2 N–H and O–H groups in total. The molecule has 0 bridgehead atoms. The Bertz CT molecular complexity index is 1060. The predicted molar refractivity (Wildman–Crippen MR) is 107 cm³/mol. The lowest BCUT2D eigenvalue weighted by molar-refractivity contribution is -0.115. The van der Waals surface area contributed by atoms with Gasteiger partial charge in [-0.15, -0.1) is 11.8 Å². The van der Waals surface area contributed by atoms with Gasteiger partial charge in [0, 0.05) is 53.4 Å². The number of nitrogens with one attached hydrogen (secondary N) is 2. The Kier molecular flexibility index (Phi) is 5.61. The van der Waals surface area contributed by atoms with E-state index in [0.717, 1.165) is 21.5 Å². The van der Waals surface area contributed by atoms with Crippen LogP contribution in [0.25, 0.3) is 11.0 Å². The average Bonchev–Trinajstić information content (AvgIpc) is 2.59. The van der Waals surface area contributed by atoms with Gasteiger partial charge in [0.25, 0.3) is 0 Å². The van der Waals surface area contributed by atoms with Crippen LogP contribution in [0.5, 0.6) is 0 Å². The van der Waals surface area contributed by atoms with E-state index in [1.165, 1.54) is 19.9 Å². The number of benzene rings is 2. The summed E-state index contributed by atoms with van der Waals surface area (Å²) in [6.45, 7) is 2.89. The summed E-state index contributed by atoms with van der Waals surface area (Å²) in [5.74, 6) is 0.281. The summed E-state index contributed by atoms with van der Waals surface area (Å²) >= 11 is 1.58. The molecule has 6 nitrogen and oxygen atoms in total. The Morgan fingerprint density at radius 1 is 0.926 bits per heavy atom. The molecule has 0 spiro atoms. The SMILES string of the molecule is CC(=O)Nc1ccc(SCc2cc(=O)oc3cc(NC(C)=O)ccc23)cc1. The second kappa shape index (κ2) is 8.09. The topological polar surface area (TPSA) is 88.4 Å². The summed E-state index contributed by atoms with van der Waals surface area (Å²) in [4.78, 5) is 35.2. The molecule has 3 aromatic rings. The van der Waals surface area contributed by atoms with E-state index in [1.807, 2.05) is 30.3 Å². The van der Waals surface area contributed by atoms with Crippen LogP contribution in [0.3, 0.4) is 0 Å². The maximum Gasteiger partial charge on any atom is 0.336 e. The zero-order valence-electron chi connectivity index (χ0n) is 14.9. The minimum atomic E-state index is -0.431. The monoisotopic (exact) mass is 382 g/mol. The summed E-state index contributed by atoms with van der Waals surface area (Å²) in [7, 11) is 0. The van der Waals surface area contributed by atoms with Gasteiger partial charge in [0.1, 0.15) is 5.58 Å². The molecule has 0 unspecified atom stereocenters. The Balaban J connectivity index is 1.81. The molecule has 0 fully saturated rings. The Hall–Kier alpha value is -3.06. The van der Waals surface area contributed by atoms with E-state index in [-0.39, 0.29) is 11.8 Å². The third-order valence-electron chi connectivity index (χ3n) is 3.72. The lowest BCUT2D eigenvalue weighted by Crippen LogP contribution is -2.06. The van der Waals surface area contributed by atoms with Crippen molar-refractivity contribution in [2.24, 2.45) is 0 Å². The van der Waals surface area contributed by atoms with Crippen molar-refractivity contribution in [3.05, 3.63) is 64.5 Å². The first-order valence-electron chi connectivity index (χ1n) is 8.25. The van der Waals surface area contributed by atoms with Crippen LogP contribution in [0, 0.1) is 0 Å². The molecule has 138 valence electrons. The maximum absolute atomic E-state index is 11.9. The Morgan fingerprint density at radius 2 is 1.56 bits per heavy atom. The van der Waals surface area contributed by atoms with Gasteiger partial charge in [0.15, 0.2) is 0 Å². The molecule has 0 aliphatic rings. The number of anilines is 2. The minimum Gasteiger partial charge on any atom is -0.423 e. The molecule has 1 aromatic heterocycles. The third-order valence-corrected chi connectivity index (χ3v) is 4.78. The van der Waals surface area contributed by atoms with Gasteiger partial charge in [-0.05, 0) is 42.0 Å². The predicted octanol–water partition coefficient (Wildman–Crippen LogP) is 4.00. The highest BCUT2D eigenvalue weighted by atomic mass is 32.2. The highest BCUT2D eigenvalue weighted by Crippen LogP contribution is 2.28. The van der Waals surface area contributed by atoms with Crippen molar-refractivity contribution in [2.45, 2.75) is 24.5 Å². The number of carbonyl (C=O) groups excluding carboxylic acids is 2. The van der Waals surface area contributed by atoms with E-state index in [9.17, 15) is 14.4 Å². The van der Waals surface area contributed by atoms with Crippen molar-refractivity contribution in [3.8, 4) is 0 Å². The average molecular weight is 382 g/mol. The van der Waals surface area contributed by atoms with E-state index >= 15 is 0 Å². The standard InChI is InChI=1S/C20H18N2O4S/c1-12(23)21-15-3-6-17(7-4-15)27-11-14-9-20(25)26-19-10-16(22-13(2)24)5-8-18(14)19/h3-10H,11H2,1-2H3,(H,21,23)(H,22,24). The van der Waals surface area contributed by atoms with E-state index in [4.69, 9.17) is 4.42 Å². The van der Waals surface area contributed by atoms with E-state index in [1.54, 1.807) is 23.9 Å². The van der Waals surface area contributed by atoms with Gasteiger partial charge >= 0.3 is 5.63 Å². The molecule has 0 radical (unpaired) electrons. The molecule has 0 saturated heterocycles. The molecule has 0 atom stereocenters. The first-order chi connectivity index (χ1) is 12.9. The molecule has 3 rings (SSSR count). The number of amides is 2. The van der Waals surface area contributed by atoms with Crippen LogP contribution >= 0.6 is 11.8 Å². The normalized spacial score (nSPS) is 10.6. The molecule has 0 aliphatic heterocycles. The number of fused-ring (bicyclic) bond motifs is 1. The molecule has 0 saturated carbocycles. The van der Waals surface area contributed by atoms with Gasteiger partial charge in [-0.25, -0.2) is 4.79 Å². The minimum absolute atomic E-state index is 0.114. The van der Waals surface area contributed by atoms with Crippen LogP contribution in [0.2, 0.25) is 0 Å². The van der Waals surface area contributed by atoms with Crippen molar-refractivity contribution in [2.75, 3.05) is 10.6 Å². The zero-order chi connectivity index (χ0) is 19.4. The molecule has 2 aromatic carbocycles. The Morgan fingerprint density at radius 3 is 2.22 bits per heavy atom. The molecular formula is C20H18N2O4S. The van der Waals surface area contributed by atoms with Gasteiger partial charge in [-0.3, -0.25) is 9.59 Å². The summed E-state index contributed by atoms with van der Waals surface area (Å²) in [6.07, 6.45) is 0. The van der Waals surface area contributed by atoms with E-state index < -0.39 is 5.63 Å². The second-order valence-corrected chi connectivity index (χ2v) is 7.03. The number of hydrogen-bond donors (Lipinski definition) is 2. The van der Waals surface area contributed by atoms with Crippen LogP contribution in [0.4, 0.5) is 11.4 Å². The molecule has 7 heteroatoms. The highest BCUT2D eigenvalue weighted by molar-refractivity contribution is 7.98. The largest absolute Gasteiger partial charge is 0.423 e. The fourth-order valence-electron chi connectivity index (χ4n) is 2.63. The molecule has 27 heavy (non-hydrogen) atoms. The van der Waals surface area contributed by atoms with Crippen LogP contribution in [-0.4, -0.2) is 11.8 Å². The smallest absolute Gasteiger partial charge is 0.336 e. The lowest BCUT2D eigenvalue weighted by atomic mass is 10.1. The fraction of sp³-hybridized carbons (Fsp3) is 0.150. The van der Waals surface area contributed by atoms with Gasteiger partial charge in [-0.2, -0.15) is 0 Å². The first kappa shape index (κ1) is 18.7. The van der Waals surface area contributed by atoms with Crippen molar-refractivity contribution < 1.29 is 14.0 Å². The van der Waals surface area contributed by atoms with Crippen LogP contribution in [-0.2, 0) is 15.3 Å². The second-order valence-electron chi connectivity index (χ2n) is 5.98. The van der Waals surface area contributed by atoms with Crippen molar-refractivity contribution in [3.63, 3.8) is 0 Å². The summed E-state index contributed by atoms with van der Waals surface area (Å²) < 4.78 is 5.27. The highest BCUT2D eigenvalue weighted by Gasteiger charge is 2.08. The van der Waals surface area contributed by atoms with Gasteiger partial charge < -0.3 is 15.1 Å². The van der Waals surface area contributed by atoms with Crippen molar-refractivity contribution in [1.82, 2.24) is 0 Å². The quantitative estimate of drug-likeness (QED) is 0.514. The number of thioether (sulfide) groups is 1. The lowest BCUT2D eigenvalue weighted by Gasteiger charge is -2.08. The number of hydrogen-bond acceptors (Lipinski definition) is 5. The van der Waals surface area contributed by atoms with Crippen LogP contribution < -0.4 is 16.3 Å². The molecule has 1 heterocycles. The van der Waals surface area contributed by atoms with Gasteiger partial charge in [0.2, 0.25) is 11.8 Å². The maximum atomic E-state index is 11.9. The van der Waals surface area contributed by atoms with Gasteiger partial charge in [-0.1, -0.05) is 0 Å². The molecule has 2 amide bonds. The van der Waals surface area contributed by atoms with Crippen molar-refractivity contribution >= 4 is 45.9 Å². The summed E-state index contributed by atoms with van der Waals surface area (Å²) in [5.41, 5.74) is 2.18. The van der Waals surface area contributed by atoms with E-state index in [0.29, 0.717) is 17.0 Å². The van der Waals surface area contributed by atoms with E-state index in [2.05, 4.69) is 10.6 Å². The van der Waals surface area contributed by atoms with Crippen LogP contribution in [0.1, 0.15) is 19.4 Å². The fourth-order valence-corrected chi connectivity index (χ4v) is 3.52. The van der Waals surface area contributed by atoms with Crippen LogP contribution in [0.15, 0.2) is 62.6 Å². The Labute approximate surface area is 160 Å². The molecular weight excluding hydrogens is 364 g/mol. The molecule has 0 aliphatic carbocycles. The summed E-state index contributed by atoms with van der Waals surface area (Å²) in [6, 6.07) is 14.2.